The SMILES string of the molecule is COC[C@H]1CCN(C(=O)Nc2ccccc2-c2ccccc2)C1. The quantitative estimate of drug-likeness (QED) is 0.932. The van der Waals surface area contributed by atoms with E-state index in [4.69, 9.17) is 4.74 Å². The van der Waals surface area contributed by atoms with E-state index in [1.54, 1.807) is 7.11 Å². The molecular weight excluding hydrogens is 288 g/mol. The van der Waals surface area contributed by atoms with Crippen molar-refractivity contribution in [3.63, 3.8) is 0 Å². The Morgan fingerprint density at radius 3 is 2.70 bits per heavy atom. The molecule has 0 radical (unpaired) electrons. The molecule has 0 aromatic heterocycles. The number of methoxy groups -OCH3 is 1. The van der Waals surface area contributed by atoms with Crippen molar-refractivity contribution in [2.45, 2.75) is 6.42 Å². The van der Waals surface area contributed by atoms with Gasteiger partial charge < -0.3 is 15.0 Å². The lowest BCUT2D eigenvalue weighted by Crippen LogP contribution is -2.33. The summed E-state index contributed by atoms with van der Waals surface area (Å²) < 4.78 is 5.19. The van der Waals surface area contributed by atoms with Crippen molar-refractivity contribution < 1.29 is 9.53 Å². The van der Waals surface area contributed by atoms with Crippen LogP contribution in [0.4, 0.5) is 10.5 Å². The number of likely N-dealkylation sites (tertiary alicyclic amines) is 1. The molecule has 1 fully saturated rings. The minimum atomic E-state index is -0.0352. The number of urea groups is 1. The summed E-state index contributed by atoms with van der Waals surface area (Å²) in [5.74, 6) is 0.440. The summed E-state index contributed by atoms with van der Waals surface area (Å²) >= 11 is 0. The Balaban J connectivity index is 1.73. The lowest BCUT2D eigenvalue weighted by molar-refractivity contribution is 0.154. The van der Waals surface area contributed by atoms with Gasteiger partial charge in [-0.25, -0.2) is 4.79 Å². The smallest absolute Gasteiger partial charge is 0.321 e. The molecule has 0 unspecified atom stereocenters. The number of hydrogen-bond donors (Lipinski definition) is 1. The molecule has 3 rings (SSSR count). The normalized spacial score (nSPS) is 17.3. The highest BCUT2D eigenvalue weighted by molar-refractivity contribution is 5.94. The van der Waals surface area contributed by atoms with Crippen LogP contribution < -0.4 is 5.32 Å². The monoisotopic (exact) mass is 310 g/mol. The highest BCUT2D eigenvalue weighted by atomic mass is 16.5. The third-order valence-corrected chi connectivity index (χ3v) is 4.23. The molecule has 120 valence electrons. The van der Waals surface area contributed by atoms with E-state index < -0.39 is 0 Å². The van der Waals surface area contributed by atoms with Crippen molar-refractivity contribution in [1.29, 1.82) is 0 Å². The van der Waals surface area contributed by atoms with Crippen LogP contribution in [-0.4, -0.2) is 37.7 Å². The minimum absolute atomic E-state index is 0.0352. The number of hydrogen-bond acceptors (Lipinski definition) is 2. The molecule has 0 spiro atoms. The fraction of sp³-hybridized carbons (Fsp3) is 0.316. The zero-order valence-corrected chi connectivity index (χ0v) is 13.4. The van der Waals surface area contributed by atoms with Crippen LogP contribution in [0, 0.1) is 5.92 Å². The van der Waals surface area contributed by atoms with Gasteiger partial charge in [-0.05, 0) is 18.1 Å². The number of para-hydroxylation sites is 1. The van der Waals surface area contributed by atoms with Gasteiger partial charge >= 0.3 is 6.03 Å². The van der Waals surface area contributed by atoms with Crippen molar-refractivity contribution in [2.75, 3.05) is 32.1 Å². The van der Waals surface area contributed by atoms with Crippen molar-refractivity contribution in [1.82, 2.24) is 4.90 Å². The van der Waals surface area contributed by atoms with Gasteiger partial charge in [-0.1, -0.05) is 48.5 Å². The van der Waals surface area contributed by atoms with Crippen LogP contribution in [-0.2, 0) is 4.74 Å². The molecular formula is C19H22N2O2. The van der Waals surface area contributed by atoms with E-state index in [9.17, 15) is 4.79 Å². The van der Waals surface area contributed by atoms with E-state index in [-0.39, 0.29) is 6.03 Å². The zero-order chi connectivity index (χ0) is 16.1. The molecule has 2 aromatic rings. The van der Waals surface area contributed by atoms with E-state index in [2.05, 4.69) is 17.4 Å². The molecule has 1 heterocycles. The van der Waals surface area contributed by atoms with Crippen LogP contribution >= 0.6 is 0 Å². The summed E-state index contributed by atoms with van der Waals surface area (Å²) in [6.45, 7) is 2.25. The van der Waals surface area contributed by atoms with Crippen LogP contribution in [0.25, 0.3) is 11.1 Å². The summed E-state index contributed by atoms with van der Waals surface area (Å²) in [5.41, 5.74) is 2.98. The number of anilines is 1. The summed E-state index contributed by atoms with van der Waals surface area (Å²) in [6, 6.07) is 18.0. The number of amides is 2. The van der Waals surface area contributed by atoms with Gasteiger partial charge in [0, 0.05) is 31.7 Å². The second-order valence-electron chi connectivity index (χ2n) is 5.90. The van der Waals surface area contributed by atoms with Crippen molar-refractivity contribution in [3.8, 4) is 11.1 Å². The highest BCUT2D eigenvalue weighted by Gasteiger charge is 2.26. The highest BCUT2D eigenvalue weighted by Crippen LogP contribution is 2.28. The van der Waals surface area contributed by atoms with Gasteiger partial charge in [0.25, 0.3) is 0 Å². The molecule has 0 aliphatic carbocycles. The summed E-state index contributed by atoms with van der Waals surface area (Å²) in [7, 11) is 1.71. The Morgan fingerprint density at radius 2 is 1.91 bits per heavy atom. The fourth-order valence-electron chi connectivity index (χ4n) is 3.04. The van der Waals surface area contributed by atoms with Gasteiger partial charge in [-0.3, -0.25) is 0 Å². The van der Waals surface area contributed by atoms with Gasteiger partial charge in [0.2, 0.25) is 0 Å². The van der Waals surface area contributed by atoms with E-state index >= 15 is 0 Å². The maximum Gasteiger partial charge on any atom is 0.321 e. The first-order valence-corrected chi connectivity index (χ1v) is 7.97. The van der Waals surface area contributed by atoms with E-state index in [0.29, 0.717) is 12.5 Å². The topological polar surface area (TPSA) is 41.6 Å². The Labute approximate surface area is 137 Å². The van der Waals surface area contributed by atoms with Gasteiger partial charge in [0.15, 0.2) is 0 Å². The van der Waals surface area contributed by atoms with Crippen LogP contribution in [0.3, 0.4) is 0 Å². The molecule has 2 amide bonds. The fourth-order valence-corrected chi connectivity index (χ4v) is 3.04. The number of carbonyl (C=O) groups is 1. The third-order valence-electron chi connectivity index (χ3n) is 4.23. The zero-order valence-electron chi connectivity index (χ0n) is 13.4. The Morgan fingerprint density at radius 1 is 1.17 bits per heavy atom. The molecule has 4 heteroatoms. The molecule has 0 bridgehead atoms. The Bertz CT molecular complexity index is 657. The minimum Gasteiger partial charge on any atom is -0.384 e. The second kappa shape index (κ2) is 7.29. The van der Waals surface area contributed by atoms with Crippen LogP contribution in [0.5, 0.6) is 0 Å². The standard InChI is InChI=1S/C19H22N2O2/c1-23-14-15-11-12-21(13-15)19(22)20-18-10-6-5-9-17(18)16-7-3-2-4-8-16/h2-10,15H,11-14H2,1H3,(H,20,22)/t15-/m0/s1. The predicted octanol–water partition coefficient (Wildman–Crippen LogP) is 3.85. The number of nitrogens with zero attached hydrogens (tertiary/aromatic N) is 1. The second-order valence-corrected chi connectivity index (χ2v) is 5.90. The summed E-state index contributed by atoms with van der Waals surface area (Å²) in [6.07, 6.45) is 1.00. The molecule has 0 saturated carbocycles. The molecule has 4 nitrogen and oxygen atoms in total. The van der Waals surface area contributed by atoms with E-state index in [0.717, 1.165) is 36.3 Å². The number of benzene rings is 2. The molecule has 1 aliphatic rings. The molecule has 2 aromatic carbocycles. The summed E-state index contributed by atoms with van der Waals surface area (Å²) in [4.78, 5) is 14.4. The first-order chi connectivity index (χ1) is 11.3. The maximum absolute atomic E-state index is 12.5. The number of carbonyl (C=O) groups excluding carboxylic acids is 1. The van der Waals surface area contributed by atoms with Crippen LogP contribution in [0.1, 0.15) is 6.42 Å². The lowest BCUT2D eigenvalue weighted by Gasteiger charge is -2.19. The first kappa shape index (κ1) is 15.6. The molecule has 1 atom stereocenters. The number of rotatable bonds is 4. The van der Waals surface area contributed by atoms with Gasteiger partial charge in [-0.2, -0.15) is 0 Å². The number of ether oxygens (including phenoxy) is 1. The average Bonchev–Trinajstić information content (AvgIpc) is 3.05. The Kier molecular flexibility index (Phi) is 4.93. The molecule has 23 heavy (non-hydrogen) atoms. The lowest BCUT2D eigenvalue weighted by atomic mass is 10.0. The molecule has 1 saturated heterocycles. The van der Waals surface area contributed by atoms with E-state index in [1.807, 2.05) is 47.4 Å². The largest absolute Gasteiger partial charge is 0.384 e. The van der Waals surface area contributed by atoms with Gasteiger partial charge in [0.05, 0.1) is 12.3 Å². The van der Waals surface area contributed by atoms with Crippen molar-refractivity contribution >= 4 is 11.7 Å². The Hall–Kier alpha value is -2.33. The number of nitrogens with one attached hydrogen (secondary N) is 1. The van der Waals surface area contributed by atoms with Gasteiger partial charge in [0.1, 0.15) is 0 Å². The third kappa shape index (κ3) is 3.71. The molecule has 1 aliphatic heterocycles. The van der Waals surface area contributed by atoms with Crippen LogP contribution in [0.15, 0.2) is 54.6 Å². The van der Waals surface area contributed by atoms with Gasteiger partial charge in [-0.15, -0.1) is 0 Å². The average molecular weight is 310 g/mol. The predicted molar refractivity (Wildman–Crippen MR) is 92.5 cm³/mol. The molecule has 1 N–H and O–H groups in total. The van der Waals surface area contributed by atoms with Crippen molar-refractivity contribution in [3.05, 3.63) is 54.6 Å². The maximum atomic E-state index is 12.5. The van der Waals surface area contributed by atoms with Crippen LogP contribution in [0.2, 0.25) is 0 Å². The van der Waals surface area contributed by atoms with E-state index in [1.165, 1.54) is 0 Å². The van der Waals surface area contributed by atoms with Crippen molar-refractivity contribution in [2.24, 2.45) is 5.92 Å². The first-order valence-electron chi connectivity index (χ1n) is 7.97. The summed E-state index contributed by atoms with van der Waals surface area (Å²) in [5, 5.41) is 3.06.